The maximum Gasteiger partial charge on any atom is 0.379 e. The largest absolute Gasteiger partial charge is 0.463 e. The molecular formula is C49H59N3O12. The number of ketones is 3. The molecule has 15 heteroatoms. The molecule has 3 rings (SSSR count). The summed E-state index contributed by atoms with van der Waals surface area (Å²) in [4.78, 5) is 104. The van der Waals surface area contributed by atoms with Gasteiger partial charge in [-0.2, -0.15) is 0 Å². The predicted molar refractivity (Wildman–Crippen MR) is 241 cm³/mol. The SMILES string of the molecule is C=C(C)C(=O)NC(C)(C)c1ccc(C(=O)C(=O)OC)cc1.C=C(C)C(=O)NC(C)(C)c1ccc(C(=O)C(=O)OCC)cc1.C=CC(=O)NC(C)(C)c1ccc(C(=O)C(=O)OCC)cc1. The second-order valence-electron chi connectivity index (χ2n) is 15.7. The Balaban J connectivity index is 0.000000480. The Hall–Kier alpha value is -7.29. The van der Waals surface area contributed by atoms with E-state index in [0.717, 1.165) is 23.8 Å². The van der Waals surface area contributed by atoms with Gasteiger partial charge in [0.15, 0.2) is 0 Å². The van der Waals surface area contributed by atoms with Crippen LogP contribution in [-0.4, -0.2) is 73.3 Å². The van der Waals surface area contributed by atoms with Crippen molar-refractivity contribution >= 4 is 53.0 Å². The number of methoxy groups -OCH3 is 1. The fraction of sp³-hybridized carbons (Fsp3) is 0.327. The molecule has 15 nitrogen and oxygen atoms in total. The second-order valence-corrected chi connectivity index (χ2v) is 15.7. The van der Waals surface area contributed by atoms with Crippen molar-refractivity contribution in [2.45, 2.75) is 85.9 Å². The first kappa shape index (κ1) is 54.7. The molecule has 3 aromatic carbocycles. The Kier molecular flexibility index (Phi) is 20.8. The molecule has 0 spiro atoms. The molecule has 0 radical (unpaired) electrons. The van der Waals surface area contributed by atoms with Crippen LogP contribution in [0.25, 0.3) is 0 Å². The normalized spacial score (nSPS) is 10.7. The van der Waals surface area contributed by atoms with E-state index in [4.69, 9.17) is 0 Å². The van der Waals surface area contributed by atoms with Crippen molar-refractivity contribution in [2.75, 3.05) is 20.3 Å². The highest BCUT2D eigenvalue weighted by Gasteiger charge is 2.27. The highest BCUT2D eigenvalue weighted by atomic mass is 16.5. The van der Waals surface area contributed by atoms with E-state index in [0.29, 0.717) is 11.1 Å². The minimum absolute atomic E-state index is 0.155. The monoisotopic (exact) mass is 881 g/mol. The van der Waals surface area contributed by atoms with Gasteiger partial charge in [0.25, 0.3) is 17.3 Å². The number of carbonyl (C=O) groups is 9. The summed E-state index contributed by atoms with van der Waals surface area (Å²) in [6, 6.07) is 19.4. The number of benzene rings is 3. The first-order valence-corrected chi connectivity index (χ1v) is 20.0. The zero-order valence-corrected chi connectivity index (χ0v) is 38.4. The molecule has 3 aromatic rings. The molecule has 0 saturated heterocycles. The minimum Gasteiger partial charge on any atom is -0.463 e. The van der Waals surface area contributed by atoms with Crippen LogP contribution < -0.4 is 16.0 Å². The average molecular weight is 882 g/mol. The van der Waals surface area contributed by atoms with Crippen LogP contribution in [0.15, 0.2) is 110 Å². The van der Waals surface area contributed by atoms with Gasteiger partial charge in [-0.05, 0) is 92.0 Å². The fourth-order valence-electron chi connectivity index (χ4n) is 5.31. The van der Waals surface area contributed by atoms with E-state index in [1.54, 1.807) is 76.2 Å². The lowest BCUT2D eigenvalue weighted by Crippen LogP contribution is -2.41. The van der Waals surface area contributed by atoms with Crippen LogP contribution in [0.2, 0.25) is 0 Å². The van der Waals surface area contributed by atoms with Crippen LogP contribution in [0.4, 0.5) is 0 Å². The maximum atomic E-state index is 11.8. The Bertz CT molecular complexity index is 2250. The zero-order chi connectivity index (χ0) is 49.2. The molecule has 0 atom stereocenters. The molecule has 0 aliphatic carbocycles. The third kappa shape index (κ3) is 16.5. The van der Waals surface area contributed by atoms with Crippen LogP contribution in [0, 0.1) is 0 Å². The summed E-state index contributed by atoms with van der Waals surface area (Å²) in [6.45, 7) is 28.5. The van der Waals surface area contributed by atoms with Crippen LogP contribution in [-0.2, 0) is 59.6 Å². The van der Waals surface area contributed by atoms with Gasteiger partial charge >= 0.3 is 17.9 Å². The fourth-order valence-corrected chi connectivity index (χ4v) is 5.31. The standard InChI is InChI=1S/C17H21NO4.2C16H19NO4/c1-6-22-16(21)14(19)12-7-9-13(10-8-12)17(4,5)18-15(20)11(2)3;1-10(2)14(19)17-16(3,4)12-8-6-11(7-9-12)13(18)15(20)21-5;1-5-13(18)17-16(3,4)12-9-7-11(8-10-12)14(19)15(20)21-6-2/h7-10H,2,6H2,1,3-5H3,(H,18,20);6-9H,1H2,2-5H3,(H,17,19);5,7-10H,1,6H2,2-4H3,(H,17,18). The summed E-state index contributed by atoms with van der Waals surface area (Å²) in [5.74, 6) is -5.48. The van der Waals surface area contributed by atoms with Gasteiger partial charge < -0.3 is 30.2 Å². The van der Waals surface area contributed by atoms with E-state index in [-0.39, 0.29) is 47.6 Å². The first-order valence-electron chi connectivity index (χ1n) is 20.0. The van der Waals surface area contributed by atoms with E-state index in [1.807, 2.05) is 41.5 Å². The van der Waals surface area contributed by atoms with Crippen molar-refractivity contribution in [1.82, 2.24) is 16.0 Å². The number of ether oxygens (including phenoxy) is 3. The predicted octanol–water partition coefficient (Wildman–Crippen LogP) is 6.30. The Labute approximate surface area is 374 Å². The quantitative estimate of drug-likeness (QED) is 0.0448. The second kappa shape index (κ2) is 24.4. The molecule has 0 bridgehead atoms. The van der Waals surface area contributed by atoms with E-state index in [1.165, 1.54) is 30.3 Å². The Morgan fingerprint density at radius 1 is 0.500 bits per heavy atom. The van der Waals surface area contributed by atoms with Crippen molar-refractivity contribution < 1.29 is 57.4 Å². The van der Waals surface area contributed by atoms with E-state index >= 15 is 0 Å². The van der Waals surface area contributed by atoms with Crippen LogP contribution in [0.1, 0.15) is 117 Å². The molecule has 0 fully saturated rings. The van der Waals surface area contributed by atoms with E-state index in [9.17, 15) is 43.2 Å². The van der Waals surface area contributed by atoms with Gasteiger partial charge in [-0.1, -0.05) is 92.5 Å². The van der Waals surface area contributed by atoms with Crippen LogP contribution in [0.3, 0.4) is 0 Å². The molecule has 0 saturated carbocycles. The number of rotatable bonds is 17. The molecule has 0 aromatic heterocycles. The lowest BCUT2D eigenvalue weighted by atomic mass is 9.92. The number of carbonyl (C=O) groups excluding carboxylic acids is 9. The van der Waals surface area contributed by atoms with E-state index in [2.05, 4.69) is 49.9 Å². The minimum atomic E-state index is -0.905. The molecule has 3 amide bonds. The number of hydrogen-bond acceptors (Lipinski definition) is 12. The van der Waals surface area contributed by atoms with Gasteiger partial charge in [0.05, 0.1) is 36.9 Å². The highest BCUT2D eigenvalue weighted by molar-refractivity contribution is 6.41. The number of amides is 3. The smallest absolute Gasteiger partial charge is 0.379 e. The van der Waals surface area contributed by atoms with Crippen molar-refractivity contribution in [3.8, 4) is 0 Å². The van der Waals surface area contributed by atoms with Crippen molar-refractivity contribution in [3.63, 3.8) is 0 Å². The maximum absolute atomic E-state index is 11.8. The van der Waals surface area contributed by atoms with Crippen LogP contribution in [0.5, 0.6) is 0 Å². The molecule has 0 aliphatic heterocycles. The lowest BCUT2D eigenvalue weighted by molar-refractivity contribution is -0.138. The summed E-state index contributed by atoms with van der Waals surface area (Å²) in [5.41, 5.74) is 2.14. The summed E-state index contributed by atoms with van der Waals surface area (Å²) in [7, 11) is 1.16. The third-order valence-corrected chi connectivity index (χ3v) is 9.15. The van der Waals surface area contributed by atoms with Gasteiger partial charge in [-0.3, -0.25) is 28.8 Å². The highest BCUT2D eigenvalue weighted by Crippen LogP contribution is 2.23. The Morgan fingerprint density at radius 3 is 1.00 bits per heavy atom. The Morgan fingerprint density at radius 2 is 0.766 bits per heavy atom. The van der Waals surface area contributed by atoms with Crippen molar-refractivity contribution in [2.24, 2.45) is 0 Å². The summed E-state index contributed by atoms with van der Waals surface area (Å²) in [5, 5.41) is 8.47. The average Bonchev–Trinajstić information content (AvgIpc) is 3.25. The molecule has 0 heterocycles. The van der Waals surface area contributed by atoms with Gasteiger partial charge in [0.1, 0.15) is 0 Å². The number of Topliss-reactive ketones (excluding diaryl/α,β-unsaturated/α-hetero) is 3. The lowest BCUT2D eigenvalue weighted by Gasteiger charge is -2.27. The molecule has 64 heavy (non-hydrogen) atoms. The summed E-state index contributed by atoms with van der Waals surface area (Å²) >= 11 is 0. The first-order chi connectivity index (χ1) is 29.7. The number of esters is 3. The van der Waals surface area contributed by atoms with Gasteiger partial charge in [-0.15, -0.1) is 0 Å². The number of hydrogen-bond donors (Lipinski definition) is 3. The molecule has 0 unspecified atom stereocenters. The number of nitrogens with one attached hydrogen (secondary N) is 3. The topological polar surface area (TPSA) is 217 Å². The molecule has 0 aliphatic rings. The van der Waals surface area contributed by atoms with Gasteiger partial charge in [-0.25, -0.2) is 14.4 Å². The molecule has 342 valence electrons. The molecule has 3 N–H and O–H groups in total. The summed E-state index contributed by atoms with van der Waals surface area (Å²) < 4.78 is 13.7. The van der Waals surface area contributed by atoms with Gasteiger partial charge in [0.2, 0.25) is 17.7 Å². The third-order valence-electron chi connectivity index (χ3n) is 9.15. The van der Waals surface area contributed by atoms with Crippen LogP contribution >= 0.6 is 0 Å². The van der Waals surface area contributed by atoms with Crippen molar-refractivity contribution in [3.05, 3.63) is 143 Å². The summed E-state index contributed by atoms with van der Waals surface area (Å²) in [6.07, 6.45) is 1.19. The van der Waals surface area contributed by atoms with Gasteiger partial charge in [0, 0.05) is 27.8 Å². The van der Waals surface area contributed by atoms with Crippen molar-refractivity contribution in [1.29, 1.82) is 0 Å². The zero-order valence-electron chi connectivity index (χ0n) is 38.4. The molecular weight excluding hydrogens is 823 g/mol. The van der Waals surface area contributed by atoms with E-state index < -0.39 is 51.9 Å².